The minimum Gasteiger partial charge on any atom is -0.309 e. The Morgan fingerprint density at radius 3 is 1.50 bits per heavy atom. The molecule has 0 atom stereocenters. The van der Waals surface area contributed by atoms with Crippen molar-refractivity contribution in [2.24, 2.45) is 0 Å². The van der Waals surface area contributed by atoms with E-state index in [0.717, 1.165) is 72.3 Å². The molecule has 0 aliphatic rings. The lowest BCUT2D eigenvalue weighted by Crippen LogP contribution is -1.96. The van der Waals surface area contributed by atoms with E-state index in [0.29, 0.717) is 0 Å². The Balaban J connectivity index is 0.955. The van der Waals surface area contributed by atoms with Gasteiger partial charge in [0.15, 0.2) is 0 Å². The van der Waals surface area contributed by atoms with Crippen LogP contribution in [0.3, 0.4) is 0 Å². The van der Waals surface area contributed by atoms with Crippen LogP contribution < -0.4 is 0 Å². The summed E-state index contributed by atoms with van der Waals surface area (Å²) in [5, 5.41) is 4.65. The Kier molecular flexibility index (Phi) is 6.39. The molecule has 0 N–H and O–H groups in total. The van der Waals surface area contributed by atoms with Crippen LogP contribution in [0.5, 0.6) is 0 Å². The number of benzene rings is 4. The third-order valence-electron chi connectivity index (χ3n) is 9.61. The number of para-hydroxylation sites is 2. The first-order chi connectivity index (χ1) is 24.8. The van der Waals surface area contributed by atoms with Crippen LogP contribution in [0.4, 0.5) is 0 Å². The highest BCUT2D eigenvalue weighted by Crippen LogP contribution is 2.35. The number of pyridine rings is 4. The van der Waals surface area contributed by atoms with Gasteiger partial charge in [-0.05, 0) is 77.4 Å². The Hall–Kier alpha value is -6.92. The first kappa shape index (κ1) is 28.1. The van der Waals surface area contributed by atoms with Crippen LogP contribution in [0.25, 0.3) is 88.6 Å². The second kappa shape index (κ2) is 11.4. The largest absolute Gasteiger partial charge is 0.309 e. The topological polar surface area (TPSA) is 61.4 Å². The third kappa shape index (κ3) is 4.50. The van der Waals surface area contributed by atoms with Gasteiger partial charge in [0.2, 0.25) is 0 Å². The Bertz CT molecular complexity index is 2760. The SMILES string of the molecule is c1cc(-c2ccc(-c3ccc(-n4c5ccccc5c5cnccc54)cn3)nc2)cc(-c2cccc(-n3c4ccccc4c4cnccc43)c2)c1. The van der Waals surface area contributed by atoms with Crippen molar-refractivity contribution in [3.8, 4) is 45.0 Å². The highest BCUT2D eigenvalue weighted by Gasteiger charge is 2.14. The van der Waals surface area contributed by atoms with Crippen molar-refractivity contribution < 1.29 is 0 Å². The van der Waals surface area contributed by atoms with Crippen LogP contribution in [0, 0.1) is 0 Å². The van der Waals surface area contributed by atoms with Gasteiger partial charge in [-0.15, -0.1) is 0 Å². The lowest BCUT2D eigenvalue weighted by atomic mass is 9.99. The van der Waals surface area contributed by atoms with Crippen molar-refractivity contribution in [1.29, 1.82) is 0 Å². The van der Waals surface area contributed by atoms with E-state index in [1.807, 2.05) is 49.3 Å². The van der Waals surface area contributed by atoms with Gasteiger partial charge in [0.1, 0.15) is 0 Å². The molecule has 10 rings (SSSR count). The van der Waals surface area contributed by atoms with Gasteiger partial charge in [0.05, 0.1) is 45.3 Å². The molecule has 0 unspecified atom stereocenters. The summed E-state index contributed by atoms with van der Waals surface area (Å²) in [4.78, 5) is 18.4. The zero-order chi connectivity index (χ0) is 33.0. The molecule has 0 amide bonds. The van der Waals surface area contributed by atoms with Crippen LogP contribution in [-0.2, 0) is 0 Å². The van der Waals surface area contributed by atoms with Crippen molar-refractivity contribution in [3.05, 3.63) is 171 Å². The van der Waals surface area contributed by atoms with E-state index >= 15 is 0 Å². The van der Waals surface area contributed by atoms with Gasteiger partial charge in [-0.1, -0.05) is 72.8 Å². The molecule has 0 saturated heterocycles. The zero-order valence-electron chi connectivity index (χ0n) is 26.8. The normalized spacial score (nSPS) is 11.6. The lowest BCUT2D eigenvalue weighted by molar-refractivity contribution is 1.13. The fourth-order valence-corrected chi connectivity index (χ4v) is 7.28. The monoisotopic (exact) mass is 640 g/mol. The third-order valence-corrected chi connectivity index (χ3v) is 9.61. The summed E-state index contributed by atoms with van der Waals surface area (Å²) in [5.41, 5.74) is 12.8. The van der Waals surface area contributed by atoms with Gasteiger partial charge >= 0.3 is 0 Å². The molecule has 6 aromatic heterocycles. The molecule has 4 aromatic carbocycles. The highest BCUT2D eigenvalue weighted by atomic mass is 15.0. The molecule has 0 bridgehead atoms. The molecule has 0 radical (unpaired) electrons. The fourth-order valence-electron chi connectivity index (χ4n) is 7.28. The predicted octanol–water partition coefficient (Wildman–Crippen LogP) is 10.5. The molecule has 6 heteroatoms. The standard InChI is InChI=1S/C44H28N6/c1-3-13-41-35(11-1)37-27-45-21-19-43(37)49(41)33-10-6-9-31(24-33)29-7-5-8-30(23-29)32-15-17-39(47-25-32)40-18-16-34(26-48-40)50-42-14-4-2-12-36(42)38-28-46-22-20-44(38)50/h1-28H. The molecular formula is C44H28N6. The van der Waals surface area contributed by atoms with E-state index in [-0.39, 0.29) is 0 Å². The Morgan fingerprint density at radius 2 is 0.880 bits per heavy atom. The van der Waals surface area contributed by atoms with Crippen molar-refractivity contribution >= 4 is 43.6 Å². The Labute approximate surface area is 287 Å². The summed E-state index contributed by atoms with van der Waals surface area (Å²) >= 11 is 0. The summed E-state index contributed by atoms with van der Waals surface area (Å²) in [7, 11) is 0. The van der Waals surface area contributed by atoms with Gasteiger partial charge < -0.3 is 9.13 Å². The molecule has 6 heterocycles. The molecule has 0 aliphatic carbocycles. The van der Waals surface area contributed by atoms with Crippen LogP contribution in [0.15, 0.2) is 171 Å². The summed E-state index contributed by atoms with van der Waals surface area (Å²) in [5.74, 6) is 0. The number of fused-ring (bicyclic) bond motifs is 6. The average molecular weight is 641 g/mol. The number of rotatable bonds is 5. The maximum absolute atomic E-state index is 4.84. The molecule has 0 spiro atoms. The van der Waals surface area contributed by atoms with Gasteiger partial charge in [0, 0.05) is 63.8 Å². The van der Waals surface area contributed by atoms with Crippen molar-refractivity contribution in [3.63, 3.8) is 0 Å². The van der Waals surface area contributed by atoms with E-state index in [4.69, 9.17) is 9.97 Å². The van der Waals surface area contributed by atoms with Crippen molar-refractivity contribution in [2.45, 2.75) is 0 Å². The van der Waals surface area contributed by atoms with E-state index in [2.05, 4.69) is 140 Å². The van der Waals surface area contributed by atoms with Gasteiger partial charge in [-0.25, -0.2) is 0 Å². The molecular weight excluding hydrogens is 613 g/mol. The van der Waals surface area contributed by atoms with Gasteiger partial charge in [-0.2, -0.15) is 0 Å². The number of hydrogen-bond acceptors (Lipinski definition) is 4. The summed E-state index contributed by atoms with van der Waals surface area (Å²) in [6, 6.07) is 46.8. The predicted molar refractivity (Wildman–Crippen MR) is 203 cm³/mol. The summed E-state index contributed by atoms with van der Waals surface area (Å²) < 4.78 is 4.56. The first-order valence-electron chi connectivity index (χ1n) is 16.6. The molecule has 50 heavy (non-hydrogen) atoms. The second-order valence-corrected chi connectivity index (χ2v) is 12.5. The molecule has 0 saturated carbocycles. The fraction of sp³-hybridized carbons (Fsp3) is 0. The minimum atomic E-state index is 0.828. The number of hydrogen-bond donors (Lipinski definition) is 0. The molecule has 0 fully saturated rings. The van der Waals surface area contributed by atoms with Crippen LogP contribution in [0.2, 0.25) is 0 Å². The van der Waals surface area contributed by atoms with Crippen LogP contribution in [0.1, 0.15) is 0 Å². The molecule has 0 aliphatic heterocycles. The molecule has 6 nitrogen and oxygen atoms in total. The molecule has 234 valence electrons. The Morgan fingerprint density at radius 1 is 0.340 bits per heavy atom. The number of aromatic nitrogens is 6. The average Bonchev–Trinajstić information content (AvgIpc) is 3.71. The number of nitrogens with zero attached hydrogens (tertiary/aromatic N) is 6. The van der Waals surface area contributed by atoms with E-state index < -0.39 is 0 Å². The van der Waals surface area contributed by atoms with Gasteiger partial charge in [-0.3, -0.25) is 19.9 Å². The van der Waals surface area contributed by atoms with E-state index in [1.54, 1.807) is 0 Å². The quantitative estimate of drug-likeness (QED) is 0.188. The van der Waals surface area contributed by atoms with Crippen LogP contribution in [-0.4, -0.2) is 29.1 Å². The summed E-state index contributed by atoms with van der Waals surface area (Å²) in [6.07, 6.45) is 11.4. The maximum Gasteiger partial charge on any atom is 0.0887 e. The minimum absolute atomic E-state index is 0.828. The highest BCUT2D eigenvalue weighted by molar-refractivity contribution is 6.09. The van der Waals surface area contributed by atoms with Crippen molar-refractivity contribution in [2.75, 3.05) is 0 Å². The smallest absolute Gasteiger partial charge is 0.0887 e. The van der Waals surface area contributed by atoms with Gasteiger partial charge in [0.25, 0.3) is 0 Å². The van der Waals surface area contributed by atoms with E-state index in [9.17, 15) is 0 Å². The van der Waals surface area contributed by atoms with Crippen LogP contribution >= 0.6 is 0 Å². The maximum atomic E-state index is 4.84. The van der Waals surface area contributed by atoms with E-state index in [1.165, 1.54) is 16.3 Å². The second-order valence-electron chi connectivity index (χ2n) is 12.5. The summed E-state index contributed by atoms with van der Waals surface area (Å²) in [6.45, 7) is 0. The lowest BCUT2D eigenvalue weighted by Gasteiger charge is -2.11. The van der Waals surface area contributed by atoms with Crippen molar-refractivity contribution in [1.82, 2.24) is 29.1 Å². The zero-order valence-corrected chi connectivity index (χ0v) is 26.8. The molecule has 10 aromatic rings. The first-order valence-corrected chi connectivity index (χ1v) is 16.6.